The molecule has 1 aromatic heterocycles. The molecule has 3 aromatic rings. The number of hydrogen-bond acceptors (Lipinski definition) is 5. The van der Waals surface area contributed by atoms with E-state index < -0.39 is 5.41 Å². The van der Waals surface area contributed by atoms with Crippen LogP contribution in [0.25, 0.3) is 11.3 Å². The molecule has 1 aliphatic carbocycles. The van der Waals surface area contributed by atoms with Crippen LogP contribution in [0.4, 0.5) is 5.69 Å². The third-order valence-electron chi connectivity index (χ3n) is 5.74. The Balaban J connectivity index is 1.52. The number of carbonyl (C=O) groups is 2. The number of aromatic nitrogens is 1. The first-order chi connectivity index (χ1) is 15.0. The van der Waals surface area contributed by atoms with Gasteiger partial charge in [-0.15, -0.1) is 0 Å². The van der Waals surface area contributed by atoms with Crippen molar-refractivity contribution in [1.29, 1.82) is 0 Å². The first kappa shape index (κ1) is 21.1. The van der Waals surface area contributed by atoms with Crippen LogP contribution in [0, 0.1) is 0 Å². The van der Waals surface area contributed by atoms with Crippen LogP contribution in [0.1, 0.15) is 48.4 Å². The third-order valence-corrected chi connectivity index (χ3v) is 6.07. The number of esters is 1. The fourth-order valence-electron chi connectivity index (χ4n) is 4.05. The van der Waals surface area contributed by atoms with Gasteiger partial charge >= 0.3 is 5.97 Å². The minimum atomic E-state index is -0.811. The predicted molar refractivity (Wildman–Crippen MR) is 118 cm³/mol. The standard InChI is InChI=1S/C24H23ClN2O4/c1-30-23(29)24(13-5-2-6-14-24)22-26-15-20(31-22)16-9-11-17(12-10-16)27-21(28)18-7-3-4-8-19(18)25/h3-4,7-12,15H,2,5-6,13-14H2,1H3,(H,27,28). The number of amides is 1. The lowest BCUT2D eigenvalue weighted by Gasteiger charge is -2.31. The van der Waals surface area contributed by atoms with Crippen molar-refractivity contribution < 1.29 is 18.7 Å². The lowest BCUT2D eigenvalue weighted by molar-refractivity contribution is -0.150. The molecule has 1 N–H and O–H groups in total. The van der Waals surface area contributed by atoms with E-state index in [9.17, 15) is 9.59 Å². The number of benzene rings is 2. The first-order valence-electron chi connectivity index (χ1n) is 10.2. The maximum atomic E-state index is 12.6. The number of nitrogens with zero attached hydrogens (tertiary/aromatic N) is 1. The highest BCUT2D eigenvalue weighted by Gasteiger charge is 2.46. The molecule has 0 unspecified atom stereocenters. The summed E-state index contributed by atoms with van der Waals surface area (Å²) in [4.78, 5) is 29.4. The third kappa shape index (κ3) is 4.21. The minimum Gasteiger partial charge on any atom is -0.468 e. The Labute approximate surface area is 185 Å². The van der Waals surface area contributed by atoms with E-state index in [1.165, 1.54) is 7.11 Å². The van der Waals surface area contributed by atoms with E-state index in [4.69, 9.17) is 20.8 Å². The molecular weight excluding hydrogens is 416 g/mol. The Hall–Kier alpha value is -3.12. The summed E-state index contributed by atoms with van der Waals surface area (Å²) in [6.45, 7) is 0. The van der Waals surface area contributed by atoms with Gasteiger partial charge < -0.3 is 14.5 Å². The average Bonchev–Trinajstić information content (AvgIpc) is 3.30. The van der Waals surface area contributed by atoms with E-state index in [1.807, 2.05) is 12.1 Å². The zero-order valence-corrected chi connectivity index (χ0v) is 17.9. The molecule has 0 saturated heterocycles. The van der Waals surface area contributed by atoms with Crippen molar-refractivity contribution in [3.05, 3.63) is 71.2 Å². The van der Waals surface area contributed by atoms with Crippen LogP contribution in [0.15, 0.2) is 59.1 Å². The van der Waals surface area contributed by atoms with Gasteiger partial charge in [-0.3, -0.25) is 9.59 Å². The lowest BCUT2D eigenvalue weighted by atomic mass is 9.74. The summed E-state index contributed by atoms with van der Waals surface area (Å²) in [6.07, 6.45) is 5.94. The fourth-order valence-corrected chi connectivity index (χ4v) is 4.27. The maximum Gasteiger partial charge on any atom is 0.321 e. The zero-order chi connectivity index (χ0) is 21.8. The van der Waals surface area contributed by atoms with E-state index in [-0.39, 0.29) is 11.9 Å². The predicted octanol–water partition coefficient (Wildman–Crippen LogP) is 5.62. The average molecular weight is 439 g/mol. The molecule has 0 radical (unpaired) electrons. The van der Waals surface area contributed by atoms with Crippen LogP contribution in [-0.2, 0) is 14.9 Å². The number of rotatable bonds is 5. The molecule has 0 bridgehead atoms. The normalized spacial score (nSPS) is 15.3. The van der Waals surface area contributed by atoms with Gasteiger partial charge in [0.2, 0.25) is 5.89 Å². The van der Waals surface area contributed by atoms with Gasteiger partial charge in [-0.1, -0.05) is 43.0 Å². The topological polar surface area (TPSA) is 81.4 Å². The monoisotopic (exact) mass is 438 g/mol. The van der Waals surface area contributed by atoms with Gasteiger partial charge in [-0.05, 0) is 49.2 Å². The molecule has 0 atom stereocenters. The van der Waals surface area contributed by atoms with Crippen molar-refractivity contribution in [2.75, 3.05) is 12.4 Å². The van der Waals surface area contributed by atoms with Gasteiger partial charge in [0.05, 0.1) is 23.9 Å². The molecule has 6 nitrogen and oxygen atoms in total. The molecule has 1 amide bonds. The van der Waals surface area contributed by atoms with Crippen molar-refractivity contribution in [2.24, 2.45) is 0 Å². The summed E-state index contributed by atoms with van der Waals surface area (Å²) in [5.41, 5.74) is 1.03. The van der Waals surface area contributed by atoms with E-state index in [0.717, 1.165) is 24.8 Å². The minimum absolute atomic E-state index is 0.280. The summed E-state index contributed by atoms with van der Waals surface area (Å²) in [5.74, 6) is 0.397. The summed E-state index contributed by atoms with van der Waals surface area (Å²) in [7, 11) is 1.40. The molecule has 160 valence electrons. The number of hydrogen-bond donors (Lipinski definition) is 1. The number of anilines is 1. The number of halogens is 1. The Morgan fingerprint density at radius 2 is 1.77 bits per heavy atom. The second-order valence-electron chi connectivity index (χ2n) is 7.68. The highest BCUT2D eigenvalue weighted by Crippen LogP contribution is 2.41. The Morgan fingerprint density at radius 3 is 2.45 bits per heavy atom. The summed E-state index contributed by atoms with van der Waals surface area (Å²) in [5, 5.41) is 3.23. The summed E-state index contributed by atoms with van der Waals surface area (Å²) in [6, 6.07) is 14.1. The largest absolute Gasteiger partial charge is 0.468 e. The van der Waals surface area contributed by atoms with E-state index in [2.05, 4.69) is 10.3 Å². The quantitative estimate of drug-likeness (QED) is 0.522. The van der Waals surface area contributed by atoms with Crippen molar-refractivity contribution >= 4 is 29.2 Å². The van der Waals surface area contributed by atoms with Gasteiger partial charge in [0.15, 0.2) is 5.76 Å². The molecule has 1 fully saturated rings. The molecule has 1 aliphatic rings. The molecule has 0 spiro atoms. The SMILES string of the molecule is COC(=O)C1(c2ncc(-c3ccc(NC(=O)c4ccccc4Cl)cc3)o2)CCCCC1. The second kappa shape index (κ2) is 8.94. The highest BCUT2D eigenvalue weighted by atomic mass is 35.5. The number of methoxy groups -OCH3 is 1. The van der Waals surface area contributed by atoms with Crippen molar-refractivity contribution in [2.45, 2.75) is 37.5 Å². The molecule has 0 aliphatic heterocycles. The summed E-state index contributed by atoms with van der Waals surface area (Å²) < 4.78 is 11.1. The second-order valence-corrected chi connectivity index (χ2v) is 8.08. The molecule has 2 aromatic carbocycles. The van der Waals surface area contributed by atoms with E-state index in [0.29, 0.717) is 40.8 Å². The van der Waals surface area contributed by atoms with Crippen LogP contribution in [-0.4, -0.2) is 24.0 Å². The highest BCUT2D eigenvalue weighted by molar-refractivity contribution is 6.34. The number of ether oxygens (including phenoxy) is 1. The Morgan fingerprint density at radius 1 is 1.06 bits per heavy atom. The number of carbonyl (C=O) groups excluding carboxylic acids is 2. The van der Waals surface area contributed by atoms with Gasteiger partial charge in [-0.25, -0.2) is 4.98 Å². The van der Waals surface area contributed by atoms with Crippen molar-refractivity contribution in [3.8, 4) is 11.3 Å². The van der Waals surface area contributed by atoms with Gasteiger partial charge in [0, 0.05) is 11.3 Å². The Bertz CT molecular complexity index is 1080. The molecule has 1 heterocycles. The van der Waals surface area contributed by atoms with Crippen LogP contribution < -0.4 is 5.32 Å². The van der Waals surface area contributed by atoms with Crippen LogP contribution in [0.3, 0.4) is 0 Å². The first-order valence-corrected chi connectivity index (χ1v) is 10.6. The zero-order valence-electron chi connectivity index (χ0n) is 17.2. The fraction of sp³-hybridized carbons (Fsp3) is 0.292. The van der Waals surface area contributed by atoms with Crippen LogP contribution >= 0.6 is 11.6 Å². The molecule has 31 heavy (non-hydrogen) atoms. The molecular formula is C24H23ClN2O4. The maximum absolute atomic E-state index is 12.6. The number of oxazole rings is 1. The van der Waals surface area contributed by atoms with Gasteiger partial charge in [0.25, 0.3) is 5.91 Å². The molecule has 7 heteroatoms. The Kier molecular flexibility index (Phi) is 6.09. The van der Waals surface area contributed by atoms with E-state index in [1.54, 1.807) is 42.6 Å². The van der Waals surface area contributed by atoms with Crippen molar-refractivity contribution in [3.63, 3.8) is 0 Å². The number of nitrogens with one attached hydrogen (secondary N) is 1. The molecule has 4 rings (SSSR count). The lowest BCUT2D eigenvalue weighted by Crippen LogP contribution is -2.39. The van der Waals surface area contributed by atoms with Crippen molar-refractivity contribution in [1.82, 2.24) is 4.98 Å². The van der Waals surface area contributed by atoms with Gasteiger partial charge in [-0.2, -0.15) is 0 Å². The van der Waals surface area contributed by atoms with Crippen LogP contribution in [0.5, 0.6) is 0 Å². The van der Waals surface area contributed by atoms with Gasteiger partial charge in [0.1, 0.15) is 5.41 Å². The molecule has 1 saturated carbocycles. The van der Waals surface area contributed by atoms with Crippen LogP contribution in [0.2, 0.25) is 5.02 Å². The smallest absolute Gasteiger partial charge is 0.321 e. The van der Waals surface area contributed by atoms with E-state index >= 15 is 0 Å². The summed E-state index contributed by atoms with van der Waals surface area (Å²) >= 11 is 6.09.